The van der Waals surface area contributed by atoms with Crippen LogP contribution in [0.15, 0.2) is 70.0 Å². The van der Waals surface area contributed by atoms with Crippen LogP contribution in [0.4, 0.5) is 10.2 Å². The summed E-state index contributed by atoms with van der Waals surface area (Å²) in [4.78, 5) is 17.1. The van der Waals surface area contributed by atoms with Gasteiger partial charge in [0, 0.05) is 26.6 Å². The van der Waals surface area contributed by atoms with Crippen molar-refractivity contribution in [1.29, 1.82) is 0 Å². The van der Waals surface area contributed by atoms with Gasteiger partial charge in [-0.25, -0.2) is 25.5 Å². The van der Waals surface area contributed by atoms with Gasteiger partial charge in [0.25, 0.3) is 5.91 Å². The van der Waals surface area contributed by atoms with Crippen LogP contribution in [-0.4, -0.2) is 58.4 Å². The van der Waals surface area contributed by atoms with Crippen molar-refractivity contribution < 1.29 is 30.4 Å². The molecule has 4 aromatic rings. The van der Waals surface area contributed by atoms with E-state index < -0.39 is 31.8 Å². The number of primary amides is 1. The maximum Gasteiger partial charge on any atom is 0.252 e. The lowest BCUT2D eigenvalue weighted by Gasteiger charge is -2.25. The third-order valence-corrected chi connectivity index (χ3v) is 9.67. The van der Waals surface area contributed by atoms with E-state index in [4.69, 9.17) is 10.2 Å². The summed E-state index contributed by atoms with van der Waals surface area (Å²) in [6, 6.07) is 15.3. The zero-order chi connectivity index (χ0) is 29.9. The Kier molecular flexibility index (Phi) is 8.80. The first-order valence-electron chi connectivity index (χ1n) is 12.8. The smallest absolute Gasteiger partial charge is 0.252 e. The van der Waals surface area contributed by atoms with Crippen LogP contribution in [0.5, 0.6) is 0 Å². The van der Waals surface area contributed by atoms with Crippen molar-refractivity contribution in [1.82, 2.24) is 9.29 Å². The van der Waals surface area contributed by atoms with E-state index in [1.807, 2.05) is 6.92 Å². The number of carbonyl (C=O) groups excluding carboxylic acids is 1. The lowest BCUT2D eigenvalue weighted by atomic mass is 10.0. The van der Waals surface area contributed by atoms with E-state index in [-0.39, 0.29) is 53.7 Å². The van der Waals surface area contributed by atoms with Gasteiger partial charge in [-0.3, -0.25) is 9.10 Å². The molecule has 0 saturated heterocycles. The molecule has 0 fully saturated rings. The Morgan fingerprint density at radius 3 is 2.27 bits per heavy atom. The number of hydrogen-bond acceptors (Lipinski definition) is 7. The van der Waals surface area contributed by atoms with Gasteiger partial charge in [0.2, 0.25) is 25.8 Å². The van der Waals surface area contributed by atoms with Gasteiger partial charge in [-0.05, 0) is 54.3 Å². The van der Waals surface area contributed by atoms with Crippen molar-refractivity contribution in [3.05, 3.63) is 88.9 Å². The molecule has 1 amide bonds. The number of amides is 1. The number of anilines is 1. The second-order valence-corrected chi connectivity index (χ2v) is 13.5. The molecule has 0 aliphatic heterocycles. The van der Waals surface area contributed by atoms with Gasteiger partial charge < -0.3 is 10.2 Å². The average Bonchev–Trinajstić information content (AvgIpc) is 3.28. The van der Waals surface area contributed by atoms with Crippen LogP contribution in [-0.2, 0) is 32.9 Å². The standard InChI is InChI=1S/C28H31FN4O6S2/c1-4-20-18-23-25(26(30)34)24(17-19-11-13-21(29)14-12-19)39-28(23)31-27(20)33(40(3,35)36)16-8-15-32(2)41(37,38)22-9-6-5-7-10-22/h5-7,9-14,18H,4,8,15-17H2,1-3H3,(H2,30,34). The molecule has 0 bridgehead atoms. The molecule has 0 aliphatic rings. The molecular formula is C28H31FN4O6S2. The Labute approximate surface area is 238 Å². The minimum Gasteiger partial charge on any atom is -0.441 e. The maximum atomic E-state index is 13.4. The Morgan fingerprint density at radius 1 is 1.02 bits per heavy atom. The average molecular weight is 603 g/mol. The van der Waals surface area contributed by atoms with Gasteiger partial charge in [0.1, 0.15) is 17.4 Å². The minimum absolute atomic E-state index is 0.0283. The maximum absolute atomic E-state index is 13.4. The number of pyridine rings is 1. The first-order valence-corrected chi connectivity index (χ1v) is 16.1. The molecule has 0 aliphatic carbocycles. The Balaban J connectivity index is 1.66. The number of aromatic nitrogens is 1. The van der Waals surface area contributed by atoms with E-state index in [0.717, 1.165) is 10.6 Å². The van der Waals surface area contributed by atoms with Crippen LogP contribution >= 0.6 is 0 Å². The van der Waals surface area contributed by atoms with Gasteiger partial charge in [-0.1, -0.05) is 37.3 Å². The summed E-state index contributed by atoms with van der Waals surface area (Å²) in [5.74, 6) is -0.796. The predicted octanol–water partition coefficient (Wildman–Crippen LogP) is 3.70. The lowest BCUT2D eigenvalue weighted by molar-refractivity contribution is 0.1000. The quantitative estimate of drug-likeness (QED) is 0.260. The lowest BCUT2D eigenvalue weighted by Crippen LogP contribution is -2.35. The third kappa shape index (κ3) is 6.58. The highest BCUT2D eigenvalue weighted by molar-refractivity contribution is 7.92. The van der Waals surface area contributed by atoms with Gasteiger partial charge in [0.05, 0.1) is 22.1 Å². The van der Waals surface area contributed by atoms with E-state index in [2.05, 4.69) is 4.98 Å². The SMILES string of the molecule is CCc1cc2c(C(N)=O)c(Cc3ccc(F)cc3)oc2nc1N(CCCN(C)S(=O)(=O)c1ccccc1)S(C)(=O)=O. The van der Waals surface area contributed by atoms with Gasteiger partial charge in [-0.2, -0.15) is 4.98 Å². The van der Waals surface area contributed by atoms with E-state index in [1.165, 1.54) is 35.6 Å². The number of rotatable bonds is 12. The molecule has 2 N–H and O–H groups in total. The number of aryl methyl sites for hydroxylation is 1. The van der Waals surface area contributed by atoms with E-state index in [1.54, 1.807) is 36.4 Å². The van der Waals surface area contributed by atoms with Crippen LogP contribution in [0.25, 0.3) is 11.1 Å². The number of carbonyl (C=O) groups is 1. The number of sulfonamides is 2. The number of hydrogen-bond donors (Lipinski definition) is 1. The van der Waals surface area contributed by atoms with Crippen molar-refractivity contribution in [3.63, 3.8) is 0 Å². The van der Waals surface area contributed by atoms with Crippen LogP contribution < -0.4 is 10.0 Å². The molecule has 0 saturated carbocycles. The summed E-state index contributed by atoms with van der Waals surface area (Å²) in [6.45, 7) is 1.82. The molecule has 2 heterocycles. The topological polar surface area (TPSA) is 144 Å². The van der Waals surface area contributed by atoms with E-state index in [9.17, 15) is 26.0 Å². The molecule has 2 aromatic carbocycles. The van der Waals surface area contributed by atoms with Crippen molar-refractivity contribution in [2.24, 2.45) is 5.73 Å². The van der Waals surface area contributed by atoms with Gasteiger partial charge >= 0.3 is 0 Å². The minimum atomic E-state index is -3.84. The summed E-state index contributed by atoms with van der Waals surface area (Å²) < 4.78 is 73.1. The fraction of sp³-hybridized carbons (Fsp3) is 0.286. The zero-order valence-corrected chi connectivity index (χ0v) is 24.5. The molecule has 4 rings (SSSR count). The molecule has 0 unspecified atom stereocenters. The monoisotopic (exact) mass is 602 g/mol. The van der Waals surface area contributed by atoms with Gasteiger partial charge in [0.15, 0.2) is 0 Å². The summed E-state index contributed by atoms with van der Waals surface area (Å²) in [5.41, 5.74) is 7.05. The zero-order valence-electron chi connectivity index (χ0n) is 22.9. The number of furan rings is 1. The summed E-state index contributed by atoms with van der Waals surface area (Å²) in [7, 11) is -6.15. The fourth-order valence-corrected chi connectivity index (χ4v) is 6.68. The molecular weight excluding hydrogens is 571 g/mol. The fourth-order valence-electron chi connectivity index (χ4n) is 4.52. The number of nitrogens with two attached hydrogens (primary N) is 1. The highest BCUT2D eigenvalue weighted by Gasteiger charge is 2.27. The van der Waals surface area contributed by atoms with E-state index >= 15 is 0 Å². The molecule has 0 atom stereocenters. The molecule has 0 spiro atoms. The third-order valence-electron chi connectivity index (χ3n) is 6.64. The number of fused-ring (bicyclic) bond motifs is 1. The highest BCUT2D eigenvalue weighted by atomic mass is 32.2. The molecule has 13 heteroatoms. The van der Waals surface area contributed by atoms with Crippen molar-refractivity contribution in [2.75, 3.05) is 30.7 Å². The van der Waals surface area contributed by atoms with Crippen LogP contribution in [0.3, 0.4) is 0 Å². The summed E-state index contributed by atoms with van der Waals surface area (Å²) in [6.07, 6.45) is 1.74. The van der Waals surface area contributed by atoms with Crippen molar-refractivity contribution in [2.45, 2.75) is 31.1 Å². The Hall–Kier alpha value is -3.81. The number of halogens is 1. The van der Waals surface area contributed by atoms with Gasteiger partial charge in [-0.15, -0.1) is 0 Å². The molecule has 0 radical (unpaired) electrons. The number of benzene rings is 2. The van der Waals surface area contributed by atoms with Crippen molar-refractivity contribution >= 4 is 42.9 Å². The molecule has 218 valence electrons. The predicted molar refractivity (Wildman–Crippen MR) is 154 cm³/mol. The summed E-state index contributed by atoms with van der Waals surface area (Å²) >= 11 is 0. The number of nitrogens with zero attached hydrogens (tertiary/aromatic N) is 3. The molecule has 10 nitrogen and oxygen atoms in total. The summed E-state index contributed by atoms with van der Waals surface area (Å²) in [5, 5.41) is 0.345. The Bertz CT molecular complexity index is 1770. The molecule has 2 aromatic heterocycles. The highest BCUT2D eigenvalue weighted by Crippen LogP contribution is 2.32. The molecule has 41 heavy (non-hydrogen) atoms. The largest absolute Gasteiger partial charge is 0.441 e. The first kappa shape index (κ1) is 30.2. The van der Waals surface area contributed by atoms with E-state index in [0.29, 0.717) is 22.9 Å². The van der Waals surface area contributed by atoms with Crippen LogP contribution in [0.2, 0.25) is 0 Å². The van der Waals surface area contributed by atoms with Crippen LogP contribution in [0, 0.1) is 5.82 Å². The first-order chi connectivity index (χ1) is 19.3. The normalized spacial score (nSPS) is 12.2. The Morgan fingerprint density at radius 2 is 1.68 bits per heavy atom. The van der Waals surface area contributed by atoms with Crippen molar-refractivity contribution in [3.8, 4) is 0 Å². The van der Waals surface area contributed by atoms with Crippen LogP contribution in [0.1, 0.15) is 40.6 Å². The second kappa shape index (κ2) is 12.0. The second-order valence-electron chi connectivity index (χ2n) is 9.57.